The highest BCUT2D eigenvalue weighted by atomic mass is 16.6. The Bertz CT molecular complexity index is 1030. The van der Waals surface area contributed by atoms with Gasteiger partial charge in [0, 0.05) is 26.1 Å². The molecule has 1 aromatic rings. The van der Waals surface area contributed by atoms with E-state index in [1.165, 1.54) is 0 Å². The maximum Gasteiger partial charge on any atom is 0.309 e. The Kier molecular flexibility index (Phi) is 13.8. The highest BCUT2D eigenvalue weighted by Crippen LogP contribution is 2.25. The molecule has 41 heavy (non-hydrogen) atoms. The summed E-state index contributed by atoms with van der Waals surface area (Å²) in [5.74, 6) is -2.77. The third kappa shape index (κ3) is 11.5. The summed E-state index contributed by atoms with van der Waals surface area (Å²) in [5.41, 5.74) is 0.272. The van der Waals surface area contributed by atoms with Crippen LogP contribution in [0.2, 0.25) is 0 Å². The Morgan fingerprint density at radius 1 is 1.07 bits per heavy atom. The molecule has 1 aliphatic heterocycles. The van der Waals surface area contributed by atoms with Crippen LogP contribution in [0.3, 0.4) is 0 Å². The Hall–Kier alpha value is -3.46. The zero-order chi connectivity index (χ0) is 30.4. The number of hydrogen-bond donors (Lipinski definition) is 1. The third-order valence-corrected chi connectivity index (χ3v) is 6.86. The summed E-state index contributed by atoms with van der Waals surface area (Å²) < 4.78 is 10.9. The number of aliphatic hydroxyl groups excluding tert-OH is 1. The first-order chi connectivity index (χ1) is 19.5. The van der Waals surface area contributed by atoms with Crippen LogP contribution in [0.25, 0.3) is 0 Å². The number of nitrogens with zero attached hydrogens (tertiary/aromatic N) is 2. The molecule has 0 saturated carbocycles. The summed E-state index contributed by atoms with van der Waals surface area (Å²) in [4.78, 5) is 55.3. The second-order valence-corrected chi connectivity index (χ2v) is 11.4. The van der Waals surface area contributed by atoms with Crippen LogP contribution in [0.1, 0.15) is 64.9 Å². The topological polar surface area (TPSA) is 113 Å². The van der Waals surface area contributed by atoms with Gasteiger partial charge in [0.25, 0.3) is 0 Å². The zero-order valence-corrected chi connectivity index (χ0v) is 24.8. The summed E-state index contributed by atoms with van der Waals surface area (Å²) in [6, 6.07) is 9.17. The molecule has 0 bridgehead atoms. The SMILES string of the molecule is C=CC[C@H](CC(=O)OC(C)(C)C)C(=O)OC[C@H]1CCCN1C(=O)[C@@H](CC=C)CC(=O)N(CCO)Cc1ccccc1. The molecule has 0 radical (unpaired) electrons. The molecule has 1 aliphatic rings. The number of rotatable bonds is 16. The molecule has 0 unspecified atom stereocenters. The molecule has 2 amide bonds. The standard InChI is InChI=1S/C32H46N2O7/c1-6-12-25(20-28(36)33(18-19-35)22-24-14-9-8-10-15-24)30(38)34-17-11-16-27(34)23-40-31(39)26(13-7-2)21-29(37)41-32(3,4)5/h6-10,14-15,25-27,35H,1-2,11-13,16-23H2,3-5H3/t25-,26+,27+/m0/s1. The van der Waals surface area contributed by atoms with Gasteiger partial charge in [-0.15, -0.1) is 13.2 Å². The number of allylic oxidation sites excluding steroid dienone is 2. The van der Waals surface area contributed by atoms with E-state index < -0.39 is 29.4 Å². The molecule has 1 fully saturated rings. The maximum absolute atomic E-state index is 13.6. The molecule has 226 valence electrons. The van der Waals surface area contributed by atoms with Crippen molar-refractivity contribution in [3.63, 3.8) is 0 Å². The first kappa shape index (κ1) is 33.7. The van der Waals surface area contributed by atoms with Gasteiger partial charge in [-0.2, -0.15) is 0 Å². The Balaban J connectivity index is 2.03. The van der Waals surface area contributed by atoms with E-state index in [9.17, 15) is 24.3 Å². The van der Waals surface area contributed by atoms with Gasteiger partial charge in [0.1, 0.15) is 12.2 Å². The molecule has 0 aliphatic carbocycles. The zero-order valence-electron chi connectivity index (χ0n) is 24.8. The van der Waals surface area contributed by atoms with Crippen LogP contribution in [0.4, 0.5) is 0 Å². The number of aliphatic hydroxyl groups is 1. The molecule has 9 heteroatoms. The normalized spacial score (nSPS) is 16.4. The molecule has 1 saturated heterocycles. The fourth-order valence-electron chi connectivity index (χ4n) is 4.91. The van der Waals surface area contributed by atoms with Crippen molar-refractivity contribution in [1.82, 2.24) is 9.80 Å². The third-order valence-electron chi connectivity index (χ3n) is 6.86. The molecule has 1 N–H and O–H groups in total. The first-order valence-corrected chi connectivity index (χ1v) is 14.3. The fraction of sp³-hybridized carbons (Fsp3) is 0.562. The lowest BCUT2D eigenvalue weighted by atomic mass is 9.98. The minimum Gasteiger partial charge on any atom is -0.463 e. The predicted molar refractivity (Wildman–Crippen MR) is 156 cm³/mol. The van der Waals surface area contributed by atoms with Crippen molar-refractivity contribution in [1.29, 1.82) is 0 Å². The van der Waals surface area contributed by atoms with E-state index in [-0.39, 0.29) is 56.9 Å². The van der Waals surface area contributed by atoms with Gasteiger partial charge >= 0.3 is 11.9 Å². The molecule has 1 heterocycles. The predicted octanol–water partition coefficient (Wildman–Crippen LogP) is 4.05. The molecule has 9 nitrogen and oxygen atoms in total. The van der Waals surface area contributed by atoms with Crippen LogP contribution in [-0.4, -0.2) is 76.6 Å². The minimum atomic E-state index is -0.721. The van der Waals surface area contributed by atoms with Gasteiger partial charge < -0.3 is 24.4 Å². The van der Waals surface area contributed by atoms with E-state index in [0.717, 1.165) is 12.0 Å². The average Bonchev–Trinajstić information content (AvgIpc) is 3.38. The average molecular weight is 571 g/mol. The number of esters is 2. The molecule has 0 aromatic heterocycles. The second-order valence-electron chi connectivity index (χ2n) is 11.4. The number of amides is 2. The smallest absolute Gasteiger partial charge is 0.309 e. The van der Waals surface area contributed by atoms with Gasteiger partial charge in [0.2, 0.25) is 11.8 Å². The van der Waals surface area contributed by atoms with Gasteiger partial charge in [-0.25, -0.2) is 0 Å². The van der Waals surface area contributed by atoms with Crippen molar-refractivity contribution in [3.05, 3.63) is 61.2 Å². The lowest BCUT2D eigenvalue weighted by Gasteiger charge is -2.30. The Morgan fingerprint density at radius 3 is 2.34 bits per heavy atom. The van der Waals surface area contributed by atoms with Crippen LogP contribution >= 0.6 is 0 Å². The van der Waals surface area contributed by atoms with Crippen molar-refractivity contribution >= 4 is 23.8 Å². The number of benzene rings is 1. The number of hydrogen-bond acceptors (Lipinski definition) is 7. The number of ether oxygens (including phenoxy) is 2. The molecule has 3 atom stereocenters. The van der Waals surface area contributed by atoms with Crippen LogP contribution in [0.15, 0.2) is 55.6 Å². The van der Waals surface area contributed by atoms with E-state index in [0.29, 0.717) is 25.9 Å². The van der Waals surface area contributed by atoms with Gasteiger partial charge in [0.15, 0.2) is 0 Å². The molecule has 0 spiro atoms. The molecule has 2 rings (SSSR count). The van der Waals surface area contributed by atoms with Crippen LogP contribution < -0.4 is 0 Å². The highest BCUT2D eigenvalue weighted by Gasteiger charge is 2.35. The summed E-state index contributed by atoms with van der Waals surface area (Å²) in [6.07, 6.45) is 5.06. The highest BCUT2D eigenvalue weighted by molar-refractivity contribution is 5.86. The van der Waals surface area contributed by atoms with E-state index >= 15 is 0 Å². The number of carbonyl (C=O) groups is 4. The monoisotopic (exact) mass is 570 g/mol. The summed E-state index contributed by atoms with van der Waals surface area (Å²) in [6.45, 7) is 13.6. The molecular formula is C32H46N2O7. The van der Waals surface area contributed by atoms with Gasteiger partial charge in [-0.3, -0.25) is 19.2 Å². The van der Waals surface area contributed by atoms with E-state index in [1.54, 1.807) is 42.7 Å². The summed E-state index contributed by atoms with van der Waals surface area (Å²) >= 11 is 0. The Labute approximate surface area is 244 Å². The van der Waals surface area contributed by atoms with Gasteiger partial charge in [-0.05, 0) is 52.0 Å². The van der Waals surface area contributed by atoms with Crippen molar-refractivity contribution in [3.8, 4) is 0 Å². The van der Waals surface area contributed by atoms with Crippen molar-refractivity contribution in [2.24, 2.45) is 11.8 Å². The van der Waals surface area contributed by atoms with Gasteiger partial charge in [-0.1, -0.05) is 42.5 Å². The van der Waals surface area contributed by atoms with E-state index in [2.05, 4.69) is 13.2 Å². The van der Waals surface area contributed by atoms with E-state index in [1.807, 2.05) is 30.3 Å². The number of likely N-dealkylation sites (tertiary alicyclic amines) is 1. The van der Waals surface area contributed by atoms with E-state index in [4.69, 9.17) is 9.47 Å². The lowest BCUT2D eigenvalue weighted by Crippen LogP contribution is -2.44. The Morgan fingerprint density at radius 2 is 1.73 bits per heavy atom. The maximum atomic E-state index is 13.6. The van der Waals surface area contributed by atoms with Crippen LogP contribution in [-0.2, 0) is 35.2 Å². The van der Waals surface area contributed by atoms with Crippen LogP contribution in [0.5, 0.6) is 0 Å². The first-order valence-electron chi connectivity index (χ1n) is 14.3. The van der Waals surface area contributed by atoms with Crippen molar-refractivity contribution in [2.45, 2.75) is 77.5 Å². The van der Waals surface area contributed by atoms with Gasteiger partial charge in [0.05, 0.1) is 30.9 Å². The second kappa shape index (κ2) is 16.7. The summed E-state index contributed by atoms with van der Waals surface area (Å²) in [5, 5.41) is 9.53. The largest absolute Gasteiger partial charge is 0.463 e. The molecular weight excluding hydrogens is 524 g/mol. The quantitative estimate of drug-likeness (QED) is 0.236. The lowest BCUT2D eigenvalue weighted by molar-refractivity contribution is -0.162. The van der Waals surface area contributed by atoms with Crippen molar-refractivity contribution in [2.75, 3.05) is 26.3 Å². The minimum absolute atomic E-state index is 0.00589. The summed E-state index contributed by atoms with van der Waals surface area (Å²) in [7, 11) is 0. The molecule has 1 aromatic carbocycles. The van der Waals surface area contributed by atoms with Crippen LogP contribution in [0, 0.1) is 11.8 Å². The number of carbonyl (C=O) groups excluding carboxylic acids is 4. The fourth-order valence-corrected chi connectivity index (χ4v) is 4.91. The van der Waals surface area contributed by atoms with Crippen molar-refractivity contribution < 1.29 is 33.8 Å².